The molecule has 2 aromatic carbocycles. The van der Waals surface area contributed by atoms with Crippen molar-refractivity contribution in [3.63, 3.8) is 0 Å². The van der Waals surface area contributed by atoms with E-state index in [1.165, 1.54) is 45.2 Å². The summed E-state index contributed by atoms with van der Waals surface area (Å²) in [4.78, 5) is 11.3. The van der Waals surface area contributed by atoms with Crippen molar-refractivity contribution in [2.45, 2.75) is 45.6 Å². The Labute approximate surface area is 190 Å². The standard InChI is InChI=1S/C24H25F3O6/c1-16-14-21(20(30-4)15-19(16)33-23(2,3)22(28)29)31-13-7-5-6-8-17-9-11-18(12-10-17)32-24(25,26)27/h9-12,14-15H,5,7,13H2,1-4H3,(H,28,29). The summed E-state index contributed by atoms with van der Waals surface area (Å²) in [5.41, 5.74) is -0.136. The van der Waals surface area contributed by atoms with E-state index in [4.69, 9.17) is 14.2 Å². The lowest BCUT2D eigenvalue weighted by Crippen LogP contribution is -2.38. The largest absolute Gasteiger partial charge is 0.573 e. The Morgan fingerprint density at radius 3 is 2.27 bits per heavy atom. The Kier molecular flexibility index (Phi) is 8.46. The summed E-state index contributed by atoms with van der Waals surface area (Å²) in [5, 5.41) is 9.25. The molecule has 0 atom stereocenters. The molecule has 0 aliphatic heterocycles. The monoisotopic (exact) mass is 466 g/mol. The second kappa shape index (κ2) is 10.9. The summed E-state index contributed by atoms with van der Waals surface area (Å²) < 4.78 is 57.0. The van der Waals surface area contributed by atoms with Gasteiger partial charge in [-0.05, 0) is 63.1 Å². The van der Waals surface area contributed by atoms with E-state index in [0.29, 0.717) is 47.8 Å². The number of unbranched alkanes of at least 4 members (excludes halogenated alkanes) is 1. The van der Waals surface area contributed by atoms with Crippen molar-refractivity contribution in [1.29, 1.82) is 0 Å². The van der Waals surface area contributed by atoms with E-state index < -0.39 is 17.9 Å². The number of carbonyl (C=O) groups is 1. The van der Waals surface area contributed by atoms with Crippen LogP contribution >= 0.6 is 0 Å². The van der Waals surface area contributed by atoms with Crippen molar-refractivity contribution in [3.8, 4) is 34.8 Å². The van der Waals surface area contributed by atoms with Crippen molar-refractivity contribution in [2.75, 3.05) is 13.7 Å². The maximum Gasteiger partial charge on any atom is 0.573 e. The van der Waals surface area contributed by atoms with E-state index in [2.05, 4.69) is 16.6 Å². The summed E-state index contributed by atoms with van der Waals surface area (Å²) in [6.45, 7) is 5.04. The Morgan fingerprint density at radius 1 is 1.03 bits per heavy atom. The number of rotatable bonds is 9. The van der Waals surface area contributed by atoms with E-state index in [-0.39, 0.29) is 5.75 Å². The van der Waals surface area contributed by atoms with Gasteiger partial charge in [-0.2, -0.15) is 0 Å². The summed E-state index contributed by atoms with van der Waals surface area (Å²) in [6, 6.07) is 8.62. The predicted octanol–water partition coefficient (Wildman–Crippen LogP) is 5.35. The molecule has 0 saturated heterocycles. The number of ether oxygens (including phenoxy) is 4. The second-order valence-corrected chi connectivity index (χ2v) is 7.51. The van der Waals surface area contributed by atoms with Crippen molar-refractivity contribution in [3.05, 3.63) is 47.5 Å². The Morgan fingerprint density at radius 2 is 1.70 bits per heavy atom. The smallest absolute Gasteiger partial charge is 0.493 e. The van der Waals surface area contributed by atoms with Gasteiger partial charge in [0.15, 0.2) is 17.1 Å². The van der Waals surface area contributed by atoms with Crippen molar-refractivity contribution in [1.82, 2.24) is 0 Å². The van der Waals surface area contributed by atoms with Gasteiger partial charge >= 0.3 is 12.3 Å². The van der Waals surface area contributed by atoms with Crippen LogP contribution < -0.4 is 18.9 Å². The highest BCUT2D eigenvalue weighted by Crippen LogP contribution is 2.36. The average molecular weight is 466 g/mol. The van der Waals surface area contributed by atoms with Crippen molar-refractivity contribution in [2.24, 2.45) is 0 Å². The number of methoxy groups -OCH3 is 1. The van der Waals surface area contributed by atoms with Crippen molar-refractivity contribution < 1.29 is 42.0 Å². The first-order valence-electron chi connectivity index (χ1n) is 10.00. The lowest BCUT2D eigenvalue weighted by molar-refractivity contribution is -0.274. The molecular formula is C24H25F3O6. The number of aliphatic carboxylic acids is 1. The number of benzene rings is 2. The normalized spacial score (nSPS) is 11.2. The van der Waals surface area contributed by atoms with Gasteiger partial charge in [-0.3, -0.25) is 0 Å². The van der Waals surface area contributed by atoms with Crippen LogP contribution in [0.3, 0.4) is 0 Å². The quantitative estimate of drug-likeness (QED) is 0.397. The number of aryl methyl sites for hydroxylation is 1. The number of carboxylic acid groups (broad SMARTS) is 1. The topological polar surface area (TPSA) is 74.2 Å². The molecule has 1 N–H and O–H groups in total. The lowest BCUT2D eigenvalue weighted by Gasteiger charge is -2.23. The number of hydrogen-bond acceptors (Lipinski definition) is 5. The van der Waals surface area contributed by atoms with Crippen LogP contribution in [0.2, 0.25) is 0 Å². The Hall–Kier alpha value is -3.54. The summed E-state index contributed by atoms with van der Waals surface area (Å²) in [6.07, 6.45) is -3.61. The van der Waals surface area contributed by atoms with Crippen LogP contribution in [0, 0.1) is 18.8 Å². The fourth-order valence-corrected chi connectivity index (χ4v) is 2.59. The van der Waals surface area contributed by atoms with Gasteiger partial charge < -0.3 is 24.1 Å². The molecule has 0 unspecified atom stereocenters. The zero-order chi connectivity index (χ0) is 24.6. The minimum absolute atomic E-state index is 0.298. The third-order valence-electron chi connectivity index (χ3n) is 4.37. The molecule has 2 aromatic rings. The SMILES string of the molecule is COc1cc(OC(C)(C)C(=O)O)c(C)cc1OCCCC#Cc1ccc(OC(F)(F)F)cc1. The second-order valence-electron chi connectivity index (χ2n) is 7.51. The van der Waals surface area contributed by atoms with E-state index in [9.17, 15) is 23.1 Å². The minimum atomic E-state index is -4.73. The Balaban J connectivity index is 1.90. The fourth-order valence-electron chi connectivity index (χ4n) is 2.59. The van der Waals surface area contributed by atoms with Crippen molar-refractivity contribution >= 4 is 5.97 Å². The van der Waals surface area contributed by atoms with Crippen LogP contribution in [-0.4, -0.2) is 36.8 Å². The van der Waals surface area contributed by atoms with E-state index in [1.807, 2.05) is 0 Å². The van der Waals surface area contributed by atoms with Gasteiger partial charge in [0.1, 0.15) is 11.5 Å². The third-order valence-corrected chi connectivity index (χ3v) is 4.37. The number of halogens is 3. The van der Waals surface area contributed by atoms with Crippen LogP contribution in [0.5, 0.6) is 23.0 Å². The fraction of sp³-hybridized carbons (Fsp3) is 0.375. The van der Waals surface area contributed by atoms with Crippen LogP contribution in [0.1, 0.15) is 37.8 Å². The van der Waals surface area contributed by atoms with Crippen LogP contribution in [0.15, 0.2) is 36.4 Å². The number of hydrogen-bond donors (Lipinski definition) is 1. The molecule has 0 bridgehead atoms. The van der Waals surface area contributed by atoms with E-state index >= 15 is 0 Å². The number of carboxylic acids is 1. The molecule has 0 fully saturated rings. The highest BCUT2D eigenvalue weighted by molar-refractivity contribution is 5.77. The lowest BCUT2D eigenvalue weighted by atomic mass is 10.1. The van der Waals surface area contributed by atoms with E-state index in [0.717, 1.165) is 0 Å². The predicted molar refractivity (Wildman–Crippen MR) is 115 cm³/mol. The maximum atomic E-state index is 12.2. The van der Waals surface area contributed by atoms with Gasteiger partial charge in [-0.25, -0.2) is 4.79 Å². The summed E-state index contributed by atoms with van der Waals surface area (Å²) in [7, 11) is 1.47. The van der Waals surface area contributed by atoms with Gasteiger partial charge in [0, 0.05) is 18.1 Å². The van der Waals surface area contributed by atoms with Gasteiger partial charge in [-0.1, -0.05) is 11.8 Å². The summed E-state index contributed by atoms with van der Waals surface area (Å²) in [5.74, 6) is 5.70. The molecule has 178 valence electrons. The molecule has 0 amide bonds. The molecule has 0 saturated carbocycles. The molecule has 0 heterocycles. The minimum Gasteiger partial charge on any atom is -0.493 e. The van der Waals surface area contributed by atoms with E-state index in [1.54, 1.807) is 19.1 Å². The molecule has 0 aliphatic carbocycles. The van der Waals surface area contributed by atoms with Gasteiger partial charge in [0.2, 0.25) is 0 Å². The Bertz CT molecular complexity index is 1020. The molecule has 0 spiro atoms. The summed E-state index contributed by atoms with van der Waals surface area (Å²) >= 11 is 0. The molecule has 0 radical (unpaired) electrons. The maximum absolute atomic E-state index is 12.2. The van der Waals surface area contributed by atoms with Crippen LogP contribution in [-0.2, 0) is 4.79 Å². The molecule has 0 aliphatic rings. The third kappa shape index (κ3) is 8.15. The first-order valence-corrected chi connectivity index (χ1v) is 10.00. The average Bonchev–Trinajstić information content (AvgIpc) is 2.72. The highest BCUT2D eigenvalue weighted by atomic mass is 19.4. The molecule has 0 aromatic heterocycles. The van der Waals surface area contributed by atoms with Gasteiger partial charge in [0.25, 0.3) is 0 Å². The zero-order valence-electron chi connectivity index (χ0n) is 18.7. The first kappa shape index (κ1) is 25.7. The van der Waals surface area contributed by atoms with Crippen LogP contribution in [0.4, 0.5) is 13.2 Å². The molecule has 2 rings (SSSR count). The highest BCUT2D eigenvalue weighted by Gasteiger charge is 2.31. The van der Waals surface area contributed by atoms with Crippen LogP contribution in [0.25, 0.3) is 0 Å². The molecule has 9 heteroatoms. The molecule has 33 heavy (non-hydrogen) atoms. The zero-order valence-corrected chi connectivity index (χ0v) is 18.7. The molecular weight excluding hydrogens is 441 g/mol. The van der Waals surface area contributed by atoms with Gasteiger partial charge in [-0.15, -0.1) is 13.2 Å². The van der Waals surface area contributed by atoms with Gasteiger partial charge in [0.05, 0.1) is 13.7 Å². The number of alkyl halides is 3. The first-order chi connectivity index (χ1) is 15.4. The molecule has 6 nitrogen and oxygen atoms in total.